The van der Waals surface area contributed by atoms with Gasteiger partial charge >= 0.3 is 31.1 Å². The van der Waals surface area contributed by atoms with Crippen molar-refractivity contribution in [2.45, 2.75) is 11.1 Å². The minimum absolute atomic E-state index is 0. The van der Waals surface area contributed by atoms with Crippen LogP contribution in [0.15, 0.2) is 29.2 Å². The van der Waals surface area contributed by atoms with Crippen LogP contribution in [0.25, 0.3) is 0 Å². The van der Waals surface area contributed by atoms with Gasteiger partial charge in [0.15, 0.2) is 0 Å². The number of carbonyl (C=O) groups excluding carboxylic acids is 1. The number of rotatable bonds is 2. The smallest absolute Gasteiger partial charge is 1.00 e. The van der Waals surface area contributed by atoms with Crippen LogP contribution in [0.2, 0.25) is 0 Å². The Kier molecular flexibility index (Phi) is 5.93. The number of methoxy groups -OCH3 is 1. The van der Waals surface area contributed by atoms with E-state index in [4.69, 9.17) is 0 Å². The van der Waals surface area contributed by atoms with Crippen LogP contribution in [0.3, 0.4) is 0 Å². The van der Waals surface area contributed by atoms with Crippen LogP contribution in [0.4, 0.5) is 18.0 Å². The van der Waals surface area contributed by atoms with Gasteiger partial charge in [0.2, 0.25) is 0 Å². The van der Waals surface area contributed by atoms with Crippen LogP contribution in [0.5, 0.6) is 0 Å². The zero-order valence-electron chi connectivity index (χ0n) is 11.0. The van der Waals surface area contributed by atoms with Crippen molar-refractivity contribution in [2.24, 2.45) is 0 Å². The summed E-state index contributed by atoms with van der Waals surface area (Å²) < 4.78 is 65.3. The van der Waals surface area contributed by atoms with Crippen molar-refractivity contribution in [3.63, 3.8) is 0 Å². The molecular weight excluding hydrogens is 282 g/mol. The number of sulfonamides is 1. The van der Waals surface area contributed by atoms with Gasteiger partial charge in [0.1, 0.15) is 0 Å². The first kappa shape index (κ1) is 17.8. The van der Waals surface area contributed by atoms with Crippen molar-refractivity contribution in [2.75, 3.05) is 7.11 Å². The molecular formula is C9H9F3LiNO4S. The van der Waals surface area contributed by atoms with Gasteiger partial charge in [-0.2, -0.15) is 13.2 Å². The fourth-order valence-electron chi connectivity index (χ4n) is 1.03. The Morgan fingerprint density at radius 1 is 1.26 bits per heavy atom. The van der Waals surface area contributed by atoms with E-state index in [1.807, 2.05) is 0 Å². The van der Waals surface area contributed by atoms with Gasteiger partial charge in [-0.3, -0.25) is 0 Å². The summed E-state index contributed by atoms with van der Waals surface area (Å²) in [4.78, 5) is 10.3. The number of alkyl halides is 3. The third-order valence-corrected chi connectivity index (χ3v) is 3.22. The number of carbonyl (C=O) groups is 1. The van der Waals surface area contributed by atoms with Crippen molar-refractivity contribution in [1.82, 2.24) is 4.72 Å². The Morgan fingerprint density at radius 2 is 1.74 bits per heavy atom. The molecule has 1 N–H and O–H groups in total. The van der Waals surface area contributed by atoms with Gasteiger partial charge in [0, 0.05) is 0 Å². The van der Waals surface area contributed by atoms with Gasteiger partial charge < -0.3 is 6.16 Å². The molecule has 1 rings (SSSR count). The van der Waals surface area contributed by atoms with Crippen LogP contribution in [-0.2, 0) is 20.9 Å². The molecule has 0 spiro atoms. The predicted octanol–water partition coefficient (Wildman–Crippen LogP) is -1.13. The Labute approximate surface area is 120 Å². The van der Waals surface area contributed by atoms with E-state index in [-0.39, 0.29) is 20.3 Å². The standard InChI is InChI=1S/C9H8F3NO4S.Li.H/c1-17-8(14)13-18(15,16)7-4-2-6(3-5-7)9(10,11)12;;/h2-5H,1H3,(H,13,14);;/q;+1;-1. The van der Waals surface area contributed by atoms with Gasteiger partial charge in [-0.1, -0.05) is 0 Å². The third-order valence-electron chi connectivity index (χ3n) is 1.90. The number of halogens is 3. The molecule has 1 aromatic carbocycles. The van der Waals surface area contributed by atoms with Crippen molar-refractivity contribution in [3.05, 3.63) is 29.8 Å². The molecule has 5 nitrogen and oxygen atoms in total. The largest absolute Gasteiger partial charge is 1.00 e. The third kappa shape index (κ3) is 4.78. The Morgan fingerprint density at radius 3 is 2.11 bits per heavy atom. The Hall–Kier alpha value is -1.17. The average Bonchev–Trinajstić information content (AvgIpc) is 2.27. The summed E-state index contributed by atoms with van der Waals surface area (Å²) in [5.41, 5.74) is -0.987. The molecule has 0 saturated carbocycles. The van der Waals surface area contributed by atoms with E-state index >= 15 is 0 Å². The molecule has 102 valence electrons. The van der Waals surface area contributed by atoms with Gasteiger partial charge in [-0.15, -0.1) is 0 Å². The van der Waals surface area contributed by atoms with E-state index in [0.29, 0.717) is 12.1 Å². The zero-order valence-corrected chi connectivity index (χ0v) is 10.8. The fraction of sp³-hybridized carbons (Fsp3) is 0.222. The van der Waals surface area contributed by atoms with Crippen LogP contribution in [-0.4, -0.2) is 21.6 Å². The van der Waals surface area contributed by atoms with Crippen LogP contribution in [0.1, 0.15) is 6.99 Å². The van der Waals surface area contributed by atoms with E-state index < -0.39 is 32.8 Å². The van der Waals surface area contributed by atoms with Crippen molar-refractivity contribution in [1.29, 1.82) is 0 Å². The zero-order chi connectivity index (χ0) is 14.0. The Bertz CT molecular complexity index is 547. The van der Waals surface area contributed by atoms with Crippen LogP contribution in [0, 0.1) is 0 Å². The number of hydrogen-bond acceptors (Lipinski definition) is 4. The van der Waals surface area contributed by atoms with Crippen molar-refractivity contribution < 1.29 is 51.4 Å². The minimum atomic E-state index is -4.56. The molecule has 0 aliphatic carbocycles. The summed E-state index contributed by atoms with van der Waals surface area (Å²) in [5.74, 6) is 0. The number of hydrogen-bond donors (Lipinski definition) is 1. The molecule has 0 unspecified atom stereocenters. The SMILES string of the molecule is COC(=O)NS(=O)(=O)c1ccc(C(F)(F)F)cc1.[H-].[Li+]. The molecule has 19 heavy (non-hydrogen) atoms. The first-order valence-corrected chi connectivity index (χ1v) is 5.93. The molecule has 0 atom stereocenters. The van der Waals surface area contributed by atoms with E-state index in [9.17, 15) is 26.4 Å². The van der Waals surface area contributed by atoms with E-state index in [1.54, 1.807) is 0 Å². The molecule has 0 bridgehead atoms. The maximum Gasteiger partial charge on any atom is 1.00 e. The van der Waals surface area contributed by atoms with Gasteiger partial charge in [-0.25, -0.2) is 17.9 Å². The second-order valence-electron chi connectivity index (χ2n) is 3.12. The average molecular weight is 291 g/mol. The molecule has 0 aromatic heterocycles. The van der Waals surface area contributed by atoms with E-state index in [0.717, 1.165) is 19.2 Å². The molecule has 0 aliphatic heterocycles. The fourth-order valence-corrected chi connectivity index (χ4v) is 1.95. The number of nitrogens with one attached hydrogen (secondary N) is 1. The summed E-state index contributed by atoms with van der Waals surface area (Å²) in [6.07, 6.45) is -5.78. The summed E-state index contributed by atoms with van der Waals surface area (Å²) in [7, 11) is -3.27. The number of ether oxygens (including phenoxy) is 1. The molecule has 0 fully saturated rings. The van der Waals surface area contributed by atoms with E-state index in [1.165, 1.54) is 4.72 Å². The summed E-state index contributed by atoms with van der Waals surface area (Å²) >= 11 is 0. The van der Waals surface area contributed by atoms with Crippen molar-refractivity contribution in [3.8, 4) is 0 Å². The van der Waals surface area contributed by atoms with Gasteiger partial charge in [-0.05, 0) is 24.3 Å². The summed E-state index contributed by atoms with van der Waals surface area (Å²) in [6.45, 7) is 0. The molecule has 0 saturated heterocycles. The Balaban J connectivity index is 0. The maximum atomic E-state index is 12.2. The maximum absolute atomic E-state index is 12.2. The number of benzene rings is 1. The predicted molar refractivity (Wildman–Crippen MR) is 55.3 cm³/mol. The molecule has 0 aliphatic rings. The quantitative estimate of drug-likeness (QED) is 0.700. The second kappa shape index (κ2) is 6.32. The first-order chi connectivity index (χ1) is 8.16. The number of amides is 1. The monoisotopic (exact) mass is 291 g/mol. The summed E-state index contributed by atoms with van der Waals surface area (Å²) in [6, 6.07) is 2.69. The second-order valence-corrected chi connectivity index (χ2v) is 4.80. The topological polar surface area (TPSA) is 72.5 Å². The summed E-state index contributed by atoms with van der Waals surface area (Å²) in [5, 5.41) is 0. The van der Waals surface area contributed by atoms with Crippen LogP contribution >= 0.6 is 0 Å². The molecule has 1 aromatic rings. The molecule has 0 radical (unpaired) electrons. The molecule has 10 heteroatoms. The normalized spacial score (nSPS) is 11.4. The van der Waals surface area contributed by atoms with Gasteiger partial charge in [0.25, 0.3) is 10.0 Å². The minimum Gasteiger partial charge on any atom is -1.00 e. The first-order valence-electron chi connectivity index (χ1n) is 4.45. The van der Waals surface area contributed by atoms with Crippen LogP contribution < -0.4 is 23.6 Å². The van der Waals surface area contributed by atoms with E-state index in [2.05, 4.69) is 4.74 Å². The van der Waals surface area contributed by atoms with Gasteiger partial charge in [0.05, 0.1) is 17.6 Å². The molecule has 1 amide bonds. The molecule has 0 heterocycles. The van der Waals surface area contributed by atoms with Crippen molar-refractivity contribution >= 4 is 16.1 Å².